The lowest BCUT2D eigenvalue weighted by molar-refractivity contribution is 0.381. The van der Waals surface area contributed by atoms with Crippen LogP contribution in [0.3, 0.4) is 0 Å². The van der Waals surface area contributed by atoms with Crippen LogP contribution in [0.25, 0.3) is 6.08 Å². The fourth-order valence-corrected chi connectivity index (χ4v) is 1.21. The lowest BCUT2D eigenvalue weighted by Gasteiger charge is -2.15. The van der Waals surface area contributed by atoms with Crippen LogP contribution in [0.1, 0.15) is 5.56 Å². The number of rotatable bonds is 4. The number of hydrogen-bond acceptors (Lipinski definition) is 4. The first-order valence-electron chi connectivity index (χ1n) is 4.98. The maximum absolute atomic E-state index is 13.5. The maximum Gasteiger partial charge on any atom is 0.187 e. The molecule has 4 nitrogen and oxygen atoms in total. The van der Waals surface area contributed by atoms with Crippen LogP contribution < -0.4 is 10.7 Å². The first-order valence-corrected chi connectivity index (χ1v) is 4.98. The van der Waals surface area contributed by atoms with Crippen molar-refractivity contribution in [2.75, 3.05) is 5.23 Å². The van der Waals surface area contributed by atoms with Gasteiger partial charge in [-0.3, -0.25) is 5.43 Å². The van der Waals surface area contributed by atoms with Crippen molar-refractivity contribution in [3.8, 4) is 12.1 Å². The van der Waals surface area contributed by atoms with Gasteiger partial charge in [0, 0.05) is 17.8 Å². The molecular weight excluding hydrogens is 276 g/mol. The van der Waals surface area contributed by atoms with Crippen molar-refractivity contribution in [1.82, 2.24) is 5.43 Å². The van der Waals surface area contributed by atoms with E-state index in [-0.39, 0.29) is 0 Å². The first-order chi connectivity index (χ1) is 9.46. The van der Waals surface area contributed by atoms with Gasteiger partial charge >= 0.3 is 0 Å². The van der Waals surface area contributed by atoms with Crippen LogP contribution >= 0.6 is 0 Å². The lowest BCUT2D eigenvalue weighted by Crippen LogP contribution is -2.27. The summed E-state index contributed by atoms with van der Waals surface area (Å²) in [5, 5.41) is 16.2. The quantitative estimate of drug-likeness (QED) is 0.303. The molecule has 0 saturated heterocycles. The highest BCUT2D eigenvalue weighted by Crippen LogP contribution is 2.27. The molecule has 0 radical (unpaired) electrons. The molecule has 1 aromatic carbocycles. The number of nitriles is 2. The van der Waals surface area contributed by atoms with Crippen molar-refractivity contribution in [1.29, 1.82) is 10.5 Å². The summed E-state index contributed by atoms with van der Waals surface area (Å²) in [6.45, 7) is 3.10. The van der Waals surface area contributed by atoms with Gasteiger partial charge in [-0.1, -0.05) is 17.1 Å². The van der Waals surface area contributed by atoms with Gasteiger partial charge in [-0.15, -0.1) is 5.23 Å². The Bertz CT molecular complexity index is 639. The topological polar surface area (TPSA) is 62.9 Å². The van der Waals surface area contributed by atoms with E-state index in [1.54, 1.807) is 5.43 Å². The van der Waals surface area contributed by atoms with Crippen molar-refractivity contribution >= 4 is 11.8 Å². The molecule has 0 spiro atoms. The van der Waals surface area contributed by atoms with Crippen LogP contribution in [-0.2, 0) is 0 Å². The van der Waals surface area contributed by atoms with Crippen LogP contribution in [-0.4, -0.2) is 0 Å². The van der Waals surface area contributed by atoms with Gasteiger partial charge in [0.05, 0.1) is 0 Å². The van der Waals surface area contributed by atoms with E-state index in [1.165, 1.54) is 12.1 Å². The fourth-order valence-electron chi connectivity index (χ4n) is 1.21. The van der Waals surface area contributed by atoms with Gasteiger partial charge in [-0.05, 0) is 0 Å². The summed E-state index contributed by atoms with van der Waals surface area (Å²) in [5.41, 5.74) is -0.640. The molecule has 102 valence electrons. The molecule has 0 unspecified atom stereocenters. The van der Waals surface area contributed by atoms with Gasteiger partial charge < -0.3 is 0 Å². The Hall–Kier alpha value is -3.00. The lowest BCUT2D eigenvalue weighted by atomic mass is 10.1. The summed E-state index contributed by atoms with van der Waals surface area (Å²) in [6, 6.07) is 3.20. The maximum atomic E-state index is 13.5. The monoisotopic (exact) mass is 282 g/mol. The summed E-state index contributed by atoms with van der Waals surface area (Å²) in [4.78, 5) is 0. The standard InChI is InChI=1S/C12H6F4N4/c1-2-8-9(13)3-10(12(15)11(8)14)20(16)19-6-7(4-17)5-18/h2-3,6,19H,1H2. The van der Waals surface area contributed by atoms with Crippen molar-refractivity contribution in [3.05, 3.63) is 47.4 Å². The summed E-state index contributed by atoms with van der Waals surface area (Å²) >= 11 is 0. The van der Waals surface area contributed by atoms with E-state index in [1.807, 2.05) is 0 Å². The molecule has 0 atom stereocenters. The van der Waals surface area contributed by atoms with E-state index in [0.29, 0.717) is 12.3 Å². The SMILES string of the molecule is C=Cc1c(F)cc(N(F)NC=C(C#N)C#N)c(F)c1F. The minimum atomic E-state index is -1.65. The summed E-state index contributed by atoms with van der Waals surface area (Å²) in [6.07, 6.45) is 1.35. The van der Waals surface area contributed by atoms with Crippen LogP contribution in [0.5, 0.6) is 0 Å². The number of nitrogens with one attached hydrogen (secondary N) is 1. The van der Waals surface area contributed by atoms with Crippen molar-refractivity contribution < 1.29 is 17.7 Å². The number of hydrazine groups is 1. The largest absolute Gasteiger partial charge is 0.275 e. The highest BCUT2D eigenvalue weighted by Gasteiger charge is 2.21. The van der Waals surface area contributed by atoms with Crippen molar-refractivity contribution in [2.24, 2.45) is 0 Å². The Morgan fingerprint density at radius 2 is 1.85 bits per heavy atom. The molecule has 0 bridgehead atoms. The van der Waals surface area contributed by atoms with E-state index in [9.17, 15) is 17.7 Å². The summed E-state index contributed by atoms with van der Waals surface area (Å²) in [7, 11) is 0. The minimum Gasteiger partial charge on any atom is -0.275 e. The molecule has 0 aliphatic heterocycles. The van der Waals surface area contributed by atoms with E-state index >= 15 is 0 Å². The zero-order chi connectivity index (χ0) is 15.3. The Kier molecular flexibility index (Phi) is 4.71. The first kappa shape index (κ1) is 15.1. The Labute approximate surface area is 111 Å². The number of benzene rings is 1. The Morgan fingerprint density at radius 1 is 1.25 bits per heavy atom. The zero-order valence-corrected chi connectivity index (χ0v) is 9.79. The molecule has 1 N–H and O–H groups in total. The fraction of sp³-hybridized carbons (Fsp3) is 0. The molecule has 0 fully saturated rings. The van der Waals surface area contributed by atoms with Gasteiger partial charge in [0.15, 0.2) is 11.6 Å². The third-order valence-corrected chi connectivity index (χ3v) is 2.15. The average Bonchev–Trinajstić information content (AvgIpc) is 2.44. The summed E-state index contributed by atoms with van der Waals surface area (Å²) in [5.74, 6) is -4.48. The molecule has 20 heavy (non-hydrogen) atoms. The molecular formula is C12H6F4N4. The molecule has 0 heterocycles. The third-order valence-electron chi connectivity index (χ3n) is 2.15. The van der Waals surface area contributed by atoms with E-state index < -0.39 is 39.5 Å². The second kappa shape index (κ2) is 6.25. The third kappa shape index (κ3) is 2.87. The zero-order valence-electron chi connectivity index (χ0n) is 9.79. The Morgan fingerprint density at radius 3 is 2.35 bits per heavy atom. The molecule has 1 aromatic rings. The second-order valence-electron chi connectivity index (χ2n) is 3.31. The summed E-state index contributed by atoms with van der Waals surface area (Å²) < 4.78 is 53.7. The van der Waals surface area contributed by atoms with Crippen molar-refractivity contribution in [2.45, 2.75) is 0 Å². The molecule has 0 saturated carbocycles. The predicted octanol–water partition coefficient (Wildman–Crippen LogP) is 2.87. The van der Waals surface area contributed by atoms with Gasteiger partial charge in [-0.25, -0.2) is 13.2 Å². The molecule has 0 aromatic heterocycles. The van der Waals surface area contributed by atoms with Crippen LogP contribution in [0.4, 0.5) is 23.3 Å². The highest BCUT2D eigenvalue weighted by atomic mass is 19.2. The average molecular weight is 282 g/mol. The van der Waals surface area contributed by atoms with E-state index in [0.717, 1.165) is 6.08 Å². The van der Waals surface area contributed by atoms with Crippen LogP contribution in [0.15, 0.2) is 24.4 Å². The number of allylic oxidation sites excluding steroid dienone is 1. The number of halogens is 4. The minimum absolute atomic E-state index is 0.398. The van der Waals surface area contributed by atoms with E-state index in [2.05, 4.69) is 6.58 Å². The molecule has 0 amide bonds. The normalized spacial score (nSPS) is 9.10. The predicted molar refractivity (Wildman–Crippen MR) is 62.4 cm³/mol. The second-order valence-corrected chi connectivity index (χ2v) is 3.31. The number of anilines is 1. The van der Waals surface area contributed by atoms with Crippen LogP contribution in [0, 0.1) is 40.1 Å². The van der Waals surface area contributed by atoms with Gasteiger partial charge in [0.25, 0.3) is 0 Å². The van der Waals surface area contributed by atoms with Gasteiger partial charge in [0.1, 0.15) is 29.2 Å². The molecule has 8 heteroatoms. The molecule has 0 aliphatic rings. The Balaban J connectivity index is 3.16. The molecule has 1 rings (SSSR count). The highest BCUT2D eigenvalue weighted by molar-refractivity contribution is 5.56. The smallest absolute Gasteiger partial charge is 0.187 e. The van der Waals surface area contributed by atoms with Crippen molar-refractivity contribution in [3.63, 3.8) is 0 Å². The van der Waals surface area contributed by atoms with E-state index in [4.69, 9.17) is 10.5 Å². The van der Waals surface area contributed by atoms with Gasteiger partial charge in [0.2, 0.25) is 0 Å². The molecule has 0 aliphatic carbocycles. The number of nitrogens with zero attached hydrogens (tertiary/aromatic N) is 3. The number of hydrogen-bond donors (Lipinski definition) is 1. The van der Waals surface area contributed by atoms with Gasteiger partial charge in [-0.2, -0.15) is 10.5 Å². The van der Waals surface area contributed by atoms with Crippen LogP contribution in [0.2, 0.25) is 0 Å².